The molecule has 0 atom stereocenters. The van der Waals surface area contributed by atoms with Crippen LogP contribution in [0, 0.1) is 6.92 Å². The smallest absolute Gasteiger partial charge is 0.491 e. The number of aromatic hydroxyl groups is 1. The van der Waals surface area contributed by atoms with Crippen LogP contribution in [0.4, 0.5) is 0 Å². The quantitative estimate of drug-likeness (QED) is 0.661. The van der Waals surface area contributed by atoms with E-state index in [1.54, 1.807) is 6.07 Å². The highest BCUT2D eigenvalue weighted by Gasteiger charge is 2.52. The minimum absolute atomic E-state index is 0.288. The zero-order chi connectivity index (χ0) is 15.8. The Balaban J connectivity index is 2.33. The lowest BCUT2D eigenvalue weighted by atomic mass is 9.78. The van der Waals surface area contributed by atoms with Gasteiger partial charge in [-0.3, -0.25) is 0 Å². The molecule has 1 aliphatic rings. The third-order valence-corrected chi connectivity index (χ3v) is 4.79. The molecule has 3 nitrogen and oxygen atoms in total. The summed E-state index contributed by atoms with van der Waals surface area (Å²) in [7, 11) is -0.408. The number of rotatable bonds is 3. The second-order valence-corrected chi connectivity index (χ2v) is 6.77. The fourth-order valence-corrected chi connectivity index (χ4v) is 2.42. The van der Waals surface area contributed by atoms with E-state index in [4.69, 9.17) is 9.31 Å². The molecule has 2 rings (SSSR count). The Morgan fingerprint density at radius 3 is 2.33 bits per heavy atom. The normalized spacial score (nSPS) is 20.9. The lowest BCUT2D eigenvalue weighted by molar-refractivity contribution is 0.00578. The molecule has 1 saturated heterocycles. The molecule has 0 bridgehead atoms. The highest BCUT2D eigenvalue weighted by atomic mass is 32.1. The Labute approximate surface area is 132 Å². The fraction of sp³-hybridized carbons (Fsp3) is 0.500. The Hall–Kier alpha value is -0.905. The Kier molecular flexibility index (Phi) is 4.48. The SMILES string of the molecule is Cc1c(O)cccc1C=C(CS)B1OC(C)(C)C(C)(C)O1. The van der Waals surface area contributed by atoms with Crippen LogP contribution >= 0.6 is 12.6 Å². The highest BCUT2D eigenvalue weighted by molar-refractivity contribution is 7.80. The summed E-state index contributed by atoms with van der Waals surface area (Å²) in [6.07, 6.45) is 1.99. The Morgan fingerprint density at radius 2 is 1.81 bits per heavy atom. The van der Waals surface area contributed by atoms with Gasteiger partial charge in [-0.05, 0) is 57.3 Å². The van der Waals surface area contributed by atoms with Crippen LogP contribution in [0.2, 0.25) is 0 Å². The van der Waals surface area contributed by atoms with Crippen molar-refractivity contribution in [2.75, 3.05) is 5.75 Å². The molecule has 114 valence electrons. The Bertz CT molecular complexity index is 551. The monoisotopic (exact) mass is 306 g/mol. The van der Waals surface area contributed by atoms with Crippen molar-refractivity contribution in [1.82, 2.24) is 0 Å². The summed E-state index contributed by atoms with van der Waals surface area (Å²) < 4.78 is 12.1. The topological polar surface area (TPSA) is 38.7 Å². The van der Waals surface area contributed by atoms with Crippen molar-refractivity contribution in [3.63, 3.8) is 0 Å². The molecular formula is C16H23BO3S. The summed E-state index contributed by atoms with van der Waals surface area (Å²) in [6.45, 7) is 10.0. The van der Waals surface area contributed by atoms with Gasteiger partial charge in [0.05, 0.1) is 11.2 Å². The van der Waals surface area contributed by atoms with Crippen molar-refractivity contribution in [3.05, 3.63) is 34.8 Å². The van der Waals surface area contributed by atoms with E-state index >= 15 is 0 Å². The average Bonchev–Trinajstić information content (AvgIpc) is 2.60. The highest BCUT2D eigenvalue weighted by Crippen LogP contribution is 2.39. The van der Waals surface area contributed by atoms with E-state index in [-0.39, 0.29) is 17.0 Å². The van der Waals surface area contributed by atoms with Gasteiger partial charge in [0.2, 0.25) is 0 Å². The van der Waals surface area contributed by atoms with Gasteiger partial charge in [0.15, 0.2) is 0 Å². The summed E-state index contributed by atoms with van der Waals surface area (Å²) in [6, 6.07) is 5.47. The van der Waals surface area contributed by atoms with E-state index in [0.717, 1.165) is 16.6 Å². The third-order valence-electron chi connectivity index (χ3n) is 4.43. The van der Waals surface area contributed by atoms with E-state index in [0.29, 0.717) is 5.75 Å². The standard InChI is InChI=1S/C16H23BO3S/c1-11-12(7-6-8-14(11)18)9-13(10-21)17-19-15(2,3)16(4,5)20-17/h6-9,18,21H,10H2,1-5H3. The van der Waals surface area contributed by atoms with Crippen LogP contribution in [0.1, 0.15) is 38.8 Å². The van der Waals surface area contributed by atoms with E-state index in [1.165, 1.54) is 0 Å². The van der Waals surface area contributed by atoms with Gasteiger partial charge in [0.1, 0.15) is 5.75 Å². The van der Waals surface area contributed by atoms with Crippen LogP contribution in [0.3, 0.4) is 0 Å². The molecule has 1 heterocycles. The first-order valence-electron chi connectivity index (χ1n) is 7.13. The zero-order valence-electron chi connectivity index (χ0n) is 13.3. The summed E-state index contributed by atoms with van der Waals surface area (Å²) in [4.78, 5) is 0. The Morgan fingerprint density at radius 1 is 1.24 bits per heavy atom. The van der Waals surface area contributed by atoms with Crippen LogP contribution in [0.15, 0.2) is 23.7 Å². The maximum atomic E-state index is 9.81. The van der Waals surface area contributed by atoms with Gasteiger partial charge >= 0.3 is 7.12 Å². The molecule has 0 amide bonds. The first kappa shape index (κ1) is 16.5. The van der Waals surface area contributed by atoms with Gasteiger partial charge in [0.25, 0.3) is 0 Å². The molecule has 0 radical (unpaired) electrons. The van der Waals surface area contributed by atoms with Crippen LogP contribution < -0.4 is 0 Å². The summed E-state index contributed by atoms with van der Waals surface area (Å²) in [5.74, 6) is 0.822. The van der Waals surface area contributed by atoms with Gasteiger partial charge in [-0.1, -0.05) is 18.2 Å². The summed E-state index contributed by atoms with van der Waals surface area (Å²) in [5.41, 5.74) is 2.01. The van der Waals surface area contributed by atoms with Crippen molar-refractivity contribution in [3.8, 4) is 5.75 Å². The molecule has 1 N–H and O–H groups in total. The largest absolute Gasteiger partial charge is 0.508 e. The van der Waals surface area contributed by atoms with Gasteiger partial charge in [-0.2, -0.15) is 12.6 Å². The van der Waals surface area contributed by atoms with E-state index < -0.39 is 7.12 Å². The van der Waals surface area contributed by atoms with E-state index in [1.807, 2.05) is 52.8 Å². The number of hydrogen-bond acceptors (Lipinski definition) is 4. The average molecular weight is 306 g/mol. The van der Waals surface area contributed by atoms with Crippen molar-refractivity contribution in [2.24, 2.45) is 0 Å². The van der Waals surface area contributed by atoms with Gasteiger partial charge in [-0.25, -0.2) is 0 Å². The van der Waals surface area contributed by atoms with Crippen molar-refractivity contribution in [2.45, 2.75) is 45.8 Å². The first-order chi connectivity index (χ1) is 9.68. The molecular weight excluding hydrogens is 283 g/mol. The van der Waals surface area contributed by atoms with Gasteiger partial charge < -0.3 is 14.4 Å². The molecule has 5 heteroatoms. The van der Waals surface area contributed by atoms with E-state index in [2.05, 4.69) is 12.6 Å². The number of benzene rings is 1. The molecule has 0 aliphatic carbocycles. The van der Waals surface area contributed by atoms with E-state index in [9.17, 15) is 5.11 Å². The number of hydrogen-bond donors (Lipinski definition) is 2. The minimum Gasteiger partial charge on any atom is -0.508 e. The zero-order valence-corrected chi connectivity index (χ0v) is 14.2. The van der Waals surface area contributed by atoms with Crippen LogP contribution in [-0.4, -0.2) is 29.2 Å². The maximum Gasteiger partial charge on any atom is 0.491 e. The van der Waals surface area contributed by atoms with Gasteiger partial charge in [0, 0.05) is 5.75 Å². The molecule has 1 fully saturated rings. The molecule has 0 spiro atoms. The van der Waals surface area contributed by atoms with Crippen molar-refractivity contribution in [1.29, 1.82) is 0 Å². The predicted molar refractivity (Wildman–Crippen MR) is 90.8 cm³/mol. The fourth-order valence-electron chi connectivity index (χ4n) is 2.18. The van der Waals surface area contributed by atoms with Gasteiger partial charge in [-0.15, -0.1) is 0 Å². The summed E-state index contributed by atoms with van der Waals surface area (Å²) in [5, 5.41) is 9.81. The second-order valence-electron chi connectivity index (χ2n) is 6.46. The number of thiol groups is 1. The molecule has 21 heavy (non-hydrogen) atoms. The van der Waals surface area contributed by atoms with Crippen LogP contribution in [0.5, 0.6) is 5.75 Å². The van der Waals surface area contributed by atoms with Crippen molar-refractivity contribution < 1.29 is 14.4 Å². The first-order valence-corrected chi connectivity index (χ1v) is 7.77. The van der Waals surface area contributed by atoms with Crippen molar-refractivity contribution >= 4 is 25.8 Å². The molecule has 1 aromatic carbocycles. The molecule has 1 aromatic rings. The third kappa shape index (κ3) is 3.15. The maximum absolute atomic E-state index is 9.81. The lowest BCUT2D eigenvalue weighted by Gasteiger charge is -2.32. The number of phenols is 1. The number of phenolic OH excluding ortho intramolecular Hbond substituents is 1. The molecule has 0 unspecified atom stereocenters. The minimum atomic E-state index is -0.408. The van der Waals surface area contributed by atoms with Crippen LogP contribution in [0.25, 0.3) is 6.08 Å². The molecule has 0 aromatic heterocycles. The van der Waals surface area contributed by atoms with Crippen LogP contribution in [-0.2, 0) is 9.31 Å². The second kappa shape index (κ2) is 5.71. The molecule has 1 aliphatic heterocycles. The summed E-state index contributed by atoms with van der Waals surface area (Å²) >= 11 is 4.40. The molecule has 0 saturated carbocycles. The predicted octanol–water partition coefficient (Wildman–Crippen LogP) is 3.65. The lowest BCUT2D eigenvalue weighted by Crippen LogP contribution is -2.41.